The van der Waals surface area contributed by atoms with Gasteiger partial charge >= 0.3 is 0 Å². The van der Waals surface area contributed by atoms with Crippen LogP contribution in [-0.2, 0) is 17.8 Å². The van der Waals surface area contributed by atoms with E-state index in [-0.39, 0.29) is 17.6 Å². The molecule has 0 bridgehead atoms. The Labute approximate surface area is 147 Å². The van der Waals surface area contributed by atoms with Crippen LogP contribution in [0.3, 0.4) is 0 Å². The Bertz CT molecular complexity index is 762. The quantitative estimate of drug-likeness (QED) is 0.886. The summed E-state index contributed by atoms with van der Waals surface area (Å²) in [6, 6.07) is 10.5. The summed E-state index contributed by atoms with van der Waals surface area (Å²) in [6.45, 7) is 4.40. The van der Waals surface area contributed by atoms with Crippen LogP contribution in [0, 0.1) is 0 Å². The Morgan fingerprint density at radius 1 is 1.24 bits per heavy atom. The summed E-state index contributed by atoms with van der Waals surface area (Å²) >= 11 is 0. The minimum atomic E-state index is -0.588. The molecule has 6 heteroatoms. The molecule has 3 N–H and O–H groups in total. The number of nitrogens with zero attached hydrogens (tertiary/aromatic N) is 1. The lowest BCUT2D eigenvalue weighted by Gasteiger charge is -2.36. The Kier molecular flexibility index (Phi) is 4.63. The zero-order valence-corrected chi connectivity index (χ0v) is 14.5. The summed E-state index contributed by atoms with van der Waals surface area (Å²) in [5.74, 6) is -0.254. The van der Waals surface area contributed by atoms with E-state index in [2.05, 4.69) is 5.32 Å². The predicted molar refractivity (Wildman–Crippen MR) is 93.8 cm³/mol. The lowest BCUT2D eigenvalue weighted by atomic mass is 9.93. The van der Waals surface area contributed by atoms with Crippen molar-refractivity contribution in [3.8, 4) is 0 Å². The number of furan rings is 1. The highest BCUT2D eigenvalue weighted by Gasteiger charge is 2.36. The number of nitrogens with one attached hydrogen (secondary N) is 1. The van der Waals surface area contributed by atoms with E-state index in [1.807, 2.05) is 38.1 Å². The van der Waals surface area contributed by atoms with E-state index in [9.17, 15) is 9.59 Å². The first-order valence-corrected chi connectivity index (χ1v) is 8.33. The van der Waals surface area contributed by atoms with E-state index in [0.717, 1.165) is 11.1 Å². The fraction of sp³-hybridized carbons (Fsp3) is 0.368. The van der Waals surface area contributed by atoms with Crippen LogP contribution in [0.25, 0.3) is 0 Å². The number of hydrogen-bond acceptors (Lipinski definition) is 4. The molecule has 132 valence electrons. The minimum Gasteiger partial charge on any atom is -0.459 e. The molecule has 0 saturated heterocycles. The molecule has 2 heterocycles. The summed E-state index contributed by atoms with van der Waals surface area (Å²) in [6.07, 6.45) is 1.93. The van der Waals surface area contributed by atoms with E-state index in [0.29, 0.717) is 19.5 Å². The van der Waals surface area contributed by atoms with Crippen molar-refractivity contribution in [1.29, 1.82) is 0 Å². The van der Waals surface area contributed by atoms with E-state index >= 15 is 0 Å². The van der Waals surface area contributed by atoms with Crippen molar-refractivity contribution >= 4 is 11.8 Å². The van der Waals surface area contributed by atoms with E-state index in [1.54, 1.807) is 17.0 Å². The second-order valence-corrected chi connectivity index (χ2v) is 7.11. The van der Waals surface area contributed by atoms with Crippen LogP contribution in [0.5, 0.6) is 0 Å². The average molecular weight is 341 g/mol. The fourth-order valence-corrected chi connectivity index (χ4v) is 2.95. The van der Waals surface area contributed by atoms with Gasteiger partial charge in [-0.2, -0.15) is 0 Å². The number of fused-ring (bicyclic) bond motifs is 1. The van der Waals surface area contributed by atoms with Gasteiger partial charge in [0.2, 0.25) is 5.91 Å². The molecule has 3 rings (SSSR count). The maximum atomic E-state index is 12.8. The Morgan fingerprint density at radius 2 is 1.96 bits per heavy atom. The molecule has 0 aliphatic carbocycles. The van der Waals surface area contributed by atoms with Gasteiger partial charge in [-0.3, -0.25) is 9.59 Å². The number of amides is 2. The minimum absolute atomic E-state index is 0.201. The zero-order valence-electron chi connectivity index (χ0n) is 14.5. The highest BCUT2D eigenvalue weighted by atomic mass is 16.3. The van der Waals surface area contributed by atoms with Gasteiger partial charge in [-0.1, -0.05) is 24.3 Å². The Hall–Kier alpha value is -2.60. The van der Waals surface area contributed by atoms with Gasteiger partial charge in [-0.25, -0.2) is 0 Å². The SMILES string of the molecule is CC(C)(N)CNC(=O)C1Cc2ccccc2CN1C(=O)c1ccco1. The second-order valence-electron chi connectivity index (χ2n) is 7.11. The molecule has 1 aliphatic heterocycles. The average Bonchev–Trinajstić information content (AvgIpc) is 3.11. The molecule has 2 aromatic rings. The van der Waals surface area contributed by atoms with Crippen LogP contribution in [0.4, 0.5) is 0 Å². The van der Waals surface area contributed by atoms with Crippen molar-refractivity contribution in [1.82, 2.24) is 10.2 Å². The molecule has 1 aromatic carbocycles. The van der Waals surface area contributed by atoms with Crippen LogP contribution in [0.2, 0.25) is 0 Å². The standard InChI is InChI=1S/C19H23N3O3/c1-19(2,20)12-21-17(23)15-10-13-6-3-4-7-14(13)11-22(15)18(24)16-8-5-9-25-16/h3-9,15H,10-12,20H2,1-2H3,(H,21,23). The lowest BCUT2D eigenvalue weighted by Crippen LogP contribution is -2.55. The van der Waals surface area contributed by atoms with Crippen molar-refractivity contribution in [2.45, 2.75) is 38.4 Å². The smallest absolute Gasteiger partial charge is 0.290 e. The highest BCUT2D eigenvalue weighted by Crippen LogP contribution is 2.25. The molecule has 1 aliphatic rings. The van der Waals surface area contributed by atoms with Crippen molar-refractivity contribution < 1.29 is 14.0 Å². The maximum Gasteiger partial charge on any atom is 0.290 e. The third-order valence-corrected chi connectivity index (χ3v) is 4.26. The first-order chi connectivity index (χ1) is 11.8. The number of carbonyl (C=O) groups is 2. The summed E-state index contributed by atoms with van der Waals surface area (Å²) in [7, 11) is 0. The van der Waals surface area contributed by atoms with E-state index in [1.165, 1.54) is 6.26 Å². The molecule has 2 amide bonds. The van der Waals surface area contributed by atoms with E-state index in [4.69, 9.17) is 10.2 Å². The van der Waals surface area contributed by atoms with Crippen molar-refractivity contribution in [2.75, 3.05) is 6.54 Å². The first-order valence-electron chi connectivity index (χ1n) is 8.33. The van der Waals surface area contributed by atoms with Crippen LogP contribution in [0.15, 0.2) is 47.1 Å². The Morgan fingerprint density at radius 3 is 2.60 bits per heavy atom. The van der Waals surface area contributed by atoms with Crippen molar-refractivity contribution in [2.24, 2.45) is 5.73 Å². The van der Waals surface area contributed by atoms with Gasteiger partial charge in [0.15, 0.2) is 5.76 Å². The lowest BCUT2D eigenvalue weighted by molar-refractivity contribution is -0.126. The zero-order chi connectivity index (χ0) is 18.0. The molecule has 1 aromatic heterocycles. The molecular formula is C19H23N3O3. The number of nitrogens with two attached hydrogens (primary N) is 1. The topological polar surface area (TPSA) is 88.6 Å². The second kappa shape index (κ2) is 6.72. The monoisotopic (exact) mass is 341 g/mol. The molecule has 25 heavy (non-hydrogen) atoms. The largest absolute Gasteiger partial charge is 0.459 e. The number of hydrogen-bond donors (Lipinski definition) is 2. The highest BCUT2D eigenvalue weighted by molar-refractivity contribution is 5.96. The summed E-state index contributed by atoms with van der Waals surface area (Å²) in [4.78, 5) is 27.1. The molecule has 1 atom stereocenters. The first kappa shape index (κ1) is 17.2. The van der Waals surface area contributed by atoms with Crippen LogP contribution in [-0.4, -0.2) is 34.8 Å². The van der Waals surface area contributed by atoms with Gasteiger partial charge in [0.25, 0.3) is 5.91 Å². The molecule has 0 fully saturated rings. The summed E-state index contributed by atoms with van der Waals surface area (Å²) in [5.41, 5.74) is 7.56. The predicted octanol–water partition coefficient (Wildman–Crippen LogP) is 1.70. The summed E-state index contributed by atoms with van der Waals surface area (Å²) < 4.78 is 5.24. The van der Waals surface area contributed by atoms with Crippen molar-refractivity contribution in [3.63, 3.8) is 0 Å². The van der Waals surface area contributed by atoms with Gasteiger partial charge in [0.1, 0.15) is 6.04 Å². The molecule has 1 unspecified atom stereocenters. The van der Waals surface area contributed by atoms with Crippen molar-refractivity contribution in [3.05, 3.63) is 59.5 Å². The molecule has 6 nitrogen and oxygen atoms in total. The third kappa shape index (κ3) is 3.91. The maximum absolute atomic E-state index is 12.8. The molecule has 0 spiro atoms. The van der Waals surface area contributed by atoms with Gasteiger partial charge in [-0.15, -0.1) is 0 Å². The summed E-state index contributed by atoms with van der Waals surface area (Å²) in [5, 5.41) is 2.86. The fourth-order valence-electron chi connectivity index (χ4n) is 2.95. The van der Waals surface area contributed by atoms with Gasteiger partial charge in [0.05, 0.1) is 6.26 Å². The van der Waals surface area contributed by atoms with E-state index < -0.39 is 11.6 Å². The van der Waals surface area contributed by atoms with Gasteiger partial charge in [-0.05, 0) is 37.1 Å². The number of benzene rings is 1. The normalized spacial score (nSPS) is 17.1. The molecular weight excluding hydrogens is 318 g/mol. The number of carbonyl (C=O) groups excluding carboxylic acids is 2. The van der Waals surface area contributed by atoms with Crippen LogP contribution < -0.4 is 11.1 Å². The van der Waals surface area contributed by atoms with Gasteiger partial charge < -0.3 is 20.4 Å². The van der Waals surface area contributed by atoms with Gasteiger partial charge in [0, 0.05) is 25.0 Å². The van der Waals surface area contributed by atoms with Crippen LogP contribution >= 0.6 is 0 Å². The molecule has 0 saturated carbocycles. The third-order valence-electron chi connectivity index (χ3n) is 4.26. The Balaban J connectivity index is 1.86. The molecule has 0 radical (unpaired) electrons. The number of rotatable bonds is 4. The van der Waals surface area contributed by atoms with Crippen LogP contribution in [0.1, 0.15) is 35.5 Å².